The summed E-state index contributed by atoms with van der Waals surface area (Å²) in [4.78, 5) is 42.6. The summed E-state index contributed by atoms with van der Waals surface area (Å²) in [6, 6.07) is 0. The number of carbonyl (C=O) groups is 3. The molecule has 0 saturated carbocycles. The Bertz CT molecular complexity index is 881. The average Bonchev–Trinajstić information content (AvgIpc) is 3.19. The molecule has 0 heterocycles. The predicted molar refractivity (Wildman–Crippen MR) is 230 cm³/mol. The van der Waals surface area contributed by atoms with Crippen LogP contribution in [0.4, 0.5) is 4.79 Å². The van der Waals surface area contributed by atoms with E-state index in [0.29, 0.717) is 57.9 Å². The Kier molecular flexibility index (Phi) is 39.8. The number of nitrogens with zero attached hydrogens (tertiary/aromatic N) is 2. The van der Waals surface area contributed by atoms with Crippen LogP contribution in [0.5, 0.6) is 0 Å². The SMILES string of the molecule is CCCCCCCCCC(=O)OCCN(CCOC(=O)OC(CCCCCC)CCCC(=O)OCC(CCCCC)CCCCC)CCN(CC)CCCCO. The maximum Gasteiger partial charge on any atom is 0.508 e. The topological polar surface area (TPSA) is 115 Å². The third-order valence-electron chi connectivity index (χ3n) is 10.8. The van der Waals surface area contributed by atoms with Gasteiger partial charge in [-0.2, -0.15) is 0 Å². The first-order chi connectivity index (χ1) is 27.3. The Morgan fingerprint density at radius 2 is 0.982 bits per heavy atom. The molecule has 332 valence electrons. The molecule has 10 nitrogen and oxygen atoms in total. The van der Waals surface area contributed by atoms with Gasteiger partial charge in [0.25, 0.3) is 0 Å². The van der Waals surface area contributed by atoms with Gasteiger partial charge in [0.15, 0.2) is 0 Å². The second kappa shape index (κ2) is 41.3. The van der Waals surface area contributed by atoms with E-state index in [1.807, 2.05) is 0 Å². The summed E-state index contributed by atoms with van der Waals surface area (Å²) in [6.07, 6.45) is 25.4. The van der Waals surface area contributed by atoms with Gasteiger partial charge in [-0.3, -0.25) is 14.5 Å². The van der Waals surface area contributed by atoms with Gasteiger partial charge in [-0.1, -0.05) is 131 Å². The van der Waals surface area contributed by atoms with Crippen LogP contribution in [-0.4, -0.2) is 105 Å². The molecule has 0 aromatic rings. The Morgan fingerprint density at radius 1 is 0.482 bits per heavy atom. The number of ether oxygens (including phenoxy) is 4. The highest BCUT2D eigenvalue weighted by atomic mass is 16.7. The van der Waals surface area contributed by atoms with Crippen molar-refractivity contribution in [3.63, 3.8) is 0 Å². The van der Waals surface area contributed by atoms with Gasteiger partial charge in [0.2, 0.25) is 0 Å². The van der Waals surface area contributed by atoms with E-state index in [1.165, 1.54) is 70.6 Å². The van der Waals surface area contributed by atoms with Gasteiger partial charge < -0.3 is 29.0 Å². The van der Waals surface area contributed by atoms with Crippen molar-refractivity contribution in [3.8, 4) is 0 Å². The van der Waals surface area contributed by atoms with Crippen molar-refractivity contribution < 1.29 is 38.4 Å². The van der Waals surface area contributed by atoms with E-state index in [2.05, 4.69) is 44.4 Å². The molecule has 0 amide bonds. The maximum absolute atomic E-state index is 12.9. The number of esters is 2. The molecule has 10 heteroatoms. The summed E-state index contributed by atoms with van der Waals surface area (Å²) in [5.41, 5.74) is 0. The normalized spacial score (nSPS) is 12.1. The van der Waals surface area contributed by atoms with E-state index in [0.717, 1.165) is 96.8 Å². The molecule has 0 rings (SSSR count). The maximum atomic E-state index is 12.9. The summed E-state index contributed by atoms with van der Waals surface area (Å²) in [5.74, 6) is 0.131. The number of aliphatic hydroxyl groups is 1. The Hall–Kier alpha value is -1.91. The van der Waals surface area contributed by atoms with Gasteiger partial charge in [-0.15, -0.1) is 0 Å². The average molecular weight is 799 g/mol. The van der Waals surface area contributed by atoms with Gasteiger partial charge in [-0.25, -0.2) is 4.79 Å². The third kappa shape index (κ3) is 35.3. The number of rotatable bonds is 42. The Balaban J connectivity index is 4.99. The highest BCUT2D eigenvalue weighted by Gasteiger charge is 2.19. The van der Waals surface area contributed by atoms with E-state index in [-0.39, 0.29) is 31.3 Å². The summed E-state index contributed by atoms with van der Waals surface area (Å²) in [6.45, 7) is 16.6. The minimum atomic E-state index is -0.671. The lowest BCUT2D eigenvalue weighted by atomic mass is 9.96. The van der Waals surface area contributed by atoms with Crippen LogP contribution in [0.25, 0.3) is 0 Å². The first-order valence-corrected chi connectivity index (χ1v) is 23.5. The minimum Gasteiger partial charge on any atom is -0.465 e. The van der Waals surface area contributed by atoms with Crippen molar-refractivity contribution in [1.29, 1.82) is 0 Å². The van der Waals surface area contributed by atoms with Gasteiger partial charge >= 0.3 is 18.1 Å². The van der Waals surface area contributed by atoms with Crippen LogP contribution in [0.3, 0.4) is 0 Å². The molecular formula is C46H90N2O8. The van der Waals surface area contributed by atoms with Crippen LogP contribution in [0.1, 0.15) is 202 Å². The standard InChI is InChI=1S/C46H90N2O8/c1-6-11-15-17-18-19-23-31-44(50)53-39-36-48(35-34-47(10-5)33-24-25-38-49)37-40-54-46(52)56-43(29-22-16-12-7-2)30-26-32-45(51)55-41-42(27-20-13-8-3)28-21-14-9-4/h42-43,49H,6-41H2,1-5H3. The second-order valence-electron chi connectivity index (χ2n) is 15.9. The first-order valence-electron chi connectivity index (χ1n) is 23.5. The molecule has 0 aromatic carbocycles. The summed E-state index contributed by atoms with van der Waals surface area (Å²) in [7, 11) is 0. The lowest BCUT2D eigenvalue weighted by Crippen LogP contribution is -2.39. The van der Waals surface area contributed by atoms with E-state index < -0.39 is 6.16 Å². The fourth-order valence-electron chi connectivity index (χ4n) is 7.00. The fourth-order valence-corrected chi connectivity index (χ4v) is 7.00. The van der Waals surface area contributed by atoms with E-state index >= 15 is 0 Å². The van der Waals surface area contributed by atoms with Gasteiger partial charge in [0.1, 0.15) is 19.3 Å². The molecule has 1 N–H and O–H groups in total. The predicted octanol–water partition coefficient (Wildman–Crippen LogP) is 11.0. The van der Waals surface area contributed by atoms with Crippen LogP contribution in [0.15, 0.2) is 0 Å². The first kappa shape index (κ1) is 54.1. The van der Waals surface area contributed by atoms with Gasteiger partial charge in [-0.05, 0) is 76.8 Å². The van der Waals surface area contributed by atoms with Gasteiger partial charge in [0, 0.05) is 45.6 Å². The van der Waals surface area contributed by atoms with Crippen LogP contribution >= 0.6 is 0 Å². The number of hydrogen-bond acceptors (Lipinski definition) is 10. The molecule has 56 heavy (non-hydrogen) atoms. The monoisotopic (exact) mass is 799 g/mol. The van der Waals surface area contributed by atoms with Crippen LogP contribution < -0.4 is 0 Å². The molecule has 1 atom stereocenters. The molecule has 0 radical (unpaired) electrons. The van der Waals surface area contributed by atoms with E-state index in [9.17, 15) is 19.5 Å². The molecule has 0 aromatic heterocycles. The van der Waals surface area contributed by atoms with Crippen molar-refractivity contribution >= 4 is 18.1 Å². The quantitative estimate of drug-likeness (QED) is 0.0363. The zero-order chi connectivity index (χ0) is 41.3. The molecule has 0 spiro atoms. The lowest BCUT2D eigenvalue weighted by Gasteiger charge is -2.27. The molecule has 0 aliphatic rings. The molecule has 0 aliphatic carbocycles. The Labute approximate surface area is 344 Å². The number of likely N-dealkylation sites (N-methyl/N-ethyl adjacent to an activating group) is 1. The highest BCUT2D eigenvalue weighted by molar-refractivity contribution is 5.69. The van der Waals surface area contributed by atoms with Crippen molar-refractivity contribution in [2.24, 2.45) is 5.92 Å². The summed E-state index contributed by atoms with van der Waals surface area (Å²) in [5, 5.41) is 9.20. The molecule has 0 aliphatic heterocycles. The molecule has 1 unspecified atom stereocenters. The second-order valence-corrected chi connectivity index (χ2v) is 15.9. The smallest absolute Gasteiger partial charge is 0.465 e. The number of hydrogen-bond donors (Lipinski definition) is 1. The van der Waals surface area contributed by atoms with Crippen molar-refractivity contribution in [2.75, 3.05) is 65.7 Å². The zero-order valence-electron chi connectivity index (χ0n) is 37.3. The third-order valence-corrected chi connectivity index (χ3v) is 10.8. The number of unbranched alkanes of at least 4 members (excludes halogenated alkanes) is 14. The molecule has 0 bridgehead atoms. The summed E-state index contributed by atoms with van der Waals surface area (Å²) < 4.78 is 22.8. The highest BCUT2D eigenvalue weighted by Crippen LogP contribution is 2.20. The van der Waals surface area contributed by atoms with E-state index in [4.69, 9.17) is 18.9 Å². The van der Waals surface area contributed by atoms with Gasteiger partial charge in [0.05, 0.1) is 6.61 Å². The molecule has 0 saturated heterocycles. The largest absolute Gasteiger partial charge is 0.508 e. The van der Waals surface area contributed by atoms with Crippen LogP contribution in [0, 0.1) is 5.92 Å². The minimum absolute atomic E-state index is 0.148. The van der Waals surface area contributed by atoms with Crippen molar-refractivity contribution in [1.82, 2.24) is 9.80 Å². The molecular weight excluding hydrogens is 709 g/mol. The fraction of sp³-hybridized carbons (Fsp3) is 0.935. The van der Waals surface area contributed by atoms with E-state index in [1.54, 1.807) is 0 Å². The van der Waals surface area contributed by atoms with Crippen molar-refractivity contribution in [2.45, 2.75) is 208 Å². The molecule has 0 fully saturated rings. The summed E-state index contributed by atoms with van der Waals surface area (Å²) >= 11 is 0. The Morgan fingerprint density at radius 3 is 1.61 bits per heavy atom. The van der Waals surface area contributed by atoms with Crippen molar-refractivity contribution in [3.05, 3.63) is 0 Å². The number of aliphatic hydroxyl groups excluding tert-OH is 1. The lowest BCUT2D eigenvalue weighted by molar-refractivity contribution is -0.145. The number of carbonyl (C=O) groups excluding carboxylic acids is 3. The van der Waals surface area contributed by atoms with Crippen LogP contribution in [-0.2, 0) is 28.5 Å². The van der Waals surface area contributed by atoms with Crippen LogP contribution in [0.2, 0.25) is 0 Å². The zero-order valence-corrected chi connectivity index (χ0v) is 37.3.